The van der Waals surface area contributed by atoms with Gasteiger partial charge < -0.3 is 14.6 Å². The molecule has 158 valence electrons. The highest BCUT2D eigenvalue weighted by atomic mass is 32.1. The number of ether oxygens (including phenoxy) is 1. The molecule has 7 heteroatoms. The Morgan fingerprint density at radius 2 is 1.87 bits per heavy atom. The molecule has 0 aliphatic rings. The van der Waals surface area contributed by atoms with Gasteiger partial charge in [-0.25, -0.2) is 4.39 Å². The largest absolute Gasteiger partial charge is 0.496 e. The molecular weight excluding hydrogens is 415 g/mol. The van der Waals surface area contributed by atoms with Crippen LogP contribution in [0.15, 0.2) is 65.6 Å². The van der Waals surface area contributed by atoms with Gasteiger partial charge >= 0.3 is 0 Å². The van der Waals surface area contributed by atoms with Gasteiger partial charge in [-0.1, -0.05) is 30.3 Å². The Morgan fingerprint density at radius 1 is 1.13 bits per heavy atom. The van der Waals surface area contributed by atoms with Crippen molar-refractivity contribution in [3.05, 3.63) is 98.5 Å². The third-order valence-corrected chi connectivity index (χ3v) is 6.19. The second kappa shape index (κ2) is 8.73. The number of methoxy groups -OCH3 is 1. The fourth-order valence-electron chi connectivity index (χ4n) is 3.56. The molecule has 31 heavy (non-hydrogen) atoms. The van der Waals surface area contributed by atoms with Crippen LogP contribution in [-0.2, 0) is 13.1 Å². The molecule has 2 heterocycles. The van der Waals surface area contributed by atoms with Gasteiger partial charge in [0.15, 0.2) is 0 Å². The third kappa shape index (κ3) is 4.22. The van der Waals surface area contributed by atoms with Crippen molar-refractivity contribution in [1.82, 2.24) is 9.88 Å². The minimum atomic E-state index is -0.325. The molecule has 0 radical (unpaired) electrons. The maximum Gasteiger partial charge on any atom is 0.260 e. The van der Waals surface area contributed by atoms with E-state index in [4.69, 9.17) is 4.74 Å². The molecule has 0 unspecified atom stereocenters. The molecule has 5 nitrogen and oxygen atoms in total. The van der Waals surface area contributed by atoms with E-state index in [9.17, 15) is 14.0 Å². The Balaban J connectivity index is 1.65. The first-order chi connectivity index (χ1) is 15.0. The number of hydrogen-bond acceptors (Lipinski definition) is 4. The first-order valence-electron chi connectivity index (χ1n) is 9.75. The number of nitrogens with one attached hydrogen (secondary N) is 1. The summed E-state index contributed by atoms with van der Waals surface area (Å²) in [4.78, 5) is 27.0. The van der Waals surface area contributed by atoms with Crippen molar-refractivity contribution in [1.29, 1.82) is 0 Å². The predicted molar refractivity (Wildman–Crippen MR) is 120 cm³/mol. The van der Waals surface area contributed by atoms with Crippen molar-refractivity contribution in [2.75, 3.05) is 7.11 Å². The number of para-hydroxylation sites is 1. The standard InChI is InChI=1S/C24H21FN2O3S/c1-15-21(23(28)26-13-17-5-3-4-6-19(17)30-2)22-20(31-15)11-12-27(24(22)29)14-16-7-9-18(25)10-8-16/h3-12H,13-14H2,1-2H3,(H,26,28). The summed E-state index contributed by atoms with van der Waals surface area (Å²) in [6.45, 7) is 2.43. The van der Waals surface area contributed by atoms with Crippen LogP contribution in [0.5, 0.6) is 5.75 Å². The summed E-state index contributed by atoms with van der Waals surface area (Å²) in [5.74, 6) is 0.0663. The van der Waals surface area contributed by atoms with Crippen LogP contribution in [0.2, 0.25) is 0 Å². The van der Waals surface area contributed by atoms with Gasteiger partial charge in [-0.15, -0.1) is 11.3 Å². The highest BCUT2D eigenvalue weighted by Crippen LogP contribution is 2.28. The molecule has 0 spiro atoms. The quantitative estimate of drug-likeness (QED) is 0.484. The third-order valence-electron chi connectivity index (χ3n) is 5.12. The lowest BCUT2D eigenvalue weighted by atomic mass is 10.1. The smallest absolute Gasteiger partial charge is 0.260 e. The molecule has 0 bridgehead atoms. The van der Waals surface area contributed by atoms with Crippen molar-refractivity contribution in [3.8, 4) is 5.75 Å². The number of pyridine rings is 1. The van der Waals surface area contributed by atoms with Crippen LogP contribution in [0.3, 0.4) is 0 Å². The van der Waals surface area contributed by atoms with E-state index in [0.29, 0.717) is 23.2 Å². The Kier molecular flexibility index (Phi) is 5.86. The lowest BCUT2D eigenvalue weighted by molar-refractivity contribution is 0.0952. The van der Waals surface area contributed by atoms with Gasteiger partial charge in [-0.3, -0.25) is 9.59 Å². The summed E-state index contributed by atoms with van der Waals surface area (Å²) >= 11 is 1.42. The summed E-state index contributed by atoms with van der Waals surface area (Å²) < 4.78 is 20.8. The second-order valence-corrected chi connectivity index (χ2v) is 8.40. The molecule has 0 saturated carbocycles. The molecule has 4 rings (SSSR count). The van der Waals surface area contributed by atoms with Gasteiger partial charge in [-0.2, -0.15) is 0 Å². The van der Waals surface area contributed by atoms with Gasteiger partial charge in [0.25, 0.3) is 11.5 Å². The SMILES string of the molecule is COc1ccccc1CNC(=O)c1c(C)sc2ccn(Cc3ccc(F)cc3)c(=O)c12. The lowest BCUT2D eigenvalue weighted by Crippen LogP contribution is -2.26. The number of thiophene rings is 1. The molecule has 0 fully saturated rings. The van der Waals surface area contributed by atoms with Crippen LogP contribution in [-0.4, -0.2) is 17.6 Å². The Labute approximate surface area is 182 Å². The van der Waals surface area contributed by atoms with E-state index in [1.54, 1.807) is 30.0 Å². The van der Waals surface area contributed by atoms with E-state index in [1.807, 2.05) is 37.3 Å². The van der Waals surface area contributed by atoms with Crippen LogP contribution in [0.25, 0.3) is 10.1 Å². The Hall–Kier alpha value is -3.45. The van der Waals surface area contributed by atoms with E-state index in [-0.39, 0.29) is 23.8 Å². The maximum atomic E-state index is 13.2. The summed E-state index contributed by atoms with van der Waals surface area (Å²) in [6.07, 6.45) is 1.71. The number of amides is 1. The molecule has 0 aliphatic carbocycles. The second-order valence-electron chi connectivity index (χ2n) is 7.14. The van der Waals surface area contributed by atoms with Gasteiger partial charge in [-0.05, 0) is 36.8 Å². The van der Waals surface area contributed by atoms with Crippen molar-refractivity contribution in [2.45, 2.75) is 20.0 Å². The topological polar surface area (TPSA) is 60.3 Å². The fraction of sp³-hybridized carbons (Fsp3) is 0.167. The number of carbonyl (C=O) groups is 1. The van der Waals surface area contributed by atoms with Crippen LogP contribution >= 0.6 is 11.3 Å². The molecule has 0 aliphatic heterocycles. The molecule has 2 aromatic carbocycles. The number of aromatic nitrogens is 1. The fourth-order valence-corrected chi connectivity index (χ4v) is 4.61. The lowest BCUT2D eigenvalue weighted by Gasteiger charge is -2.10. The molecular formula is C24H21FN2O3S. The molecule has 2 aromatic heterocycles. The molecule has 1 amide bonds. The monoisotopic (exact) mass is 436 g/mol. The van der Waals surface area contributed by atoms with Gasteiger partial charge in [0.2, 0.25) is 0 Å². The number of carbonyl (C=O) groups excluding carboxylic acids is 1. The normalized spacial score (nSPS) is 10.9. The van der Waals surface area contributed by atoms with E-state index >= 15 is 0 Å². The zero-order valence-electron chi connectivity index (χ0n) is 17.1. The van der Waals surface area contributed by atoms with Gasteiger partial charge in [0, 0.05) is 27.9 Å². The molecule has 1 N–H and O–H groups in total. The number of rotatable bonds is 6. The molecule has 0 atom stereocenters. The predicted octanol–water partition coefficient (Wildman–Crippen LogP) is 4.50. The number of nitrogens with zero attached hydrogens (tertiary/aromatic N) is 1. The van der Waals surface area contributed by atoms with Gasteiger partial charge in [0.05, 0.1) is 24.6 Å². The first-order valence-corrected chi connectivity index (χ1v) is 10.6. The van der Waals surface area contributed by atoms with Crippen LogP contribution in [0, 0.1) is 12.7 Å². The molecule has 0 saturated heterocycles. The van der Waals surface area contributed by atoms with E-state index in [1.165, 1.54) is 23.5 Å². The maximum absolute atomic E-state index is 13.2. The van der Waals surface area contributed by atoms with Crippen molar-refractivity contribution in [3.63, 3.8) is 0 Å². The zero-order chi connectivity index (χ0) is 22.0. The van der Waals surface area contributed by atoms with E-state index < -0.39 is 0 Å². The summed E-state index contributed by atoms with van der Waals surface area (Å²) in [5.41, 5.74) is 1.81. The minimum absolute atomic E-state index is 0.242. The average molecular weight is 437 g/mol. The highest BCUT2D eigenvalue weighted by molar-refractivity contribution is 7.19. The minimum Gasteiger partial charge on any atom is -0.496 e. The molecule has 4 aromatic rings. The van der Waals surface area contributed by atoms with Crippen LogP contribution < -0.4 is 15.6 Å². The average Bonchev–Trinajstić information content (AvgIpc) is 3.12. The van der Waals surface area contributed by atoms with Crippen LogP contribution in [0.1, 0.15) is 26.4 Å². The number of fused-ring (bicyclic) bond motifs is 1. The first kappa shape index (κ1) is 20.8. The Morgan fingerprint density at radius 3 is 2.61 bits per heavy atom. The summed E-state index contributed by atoms with van der Waals surface area (Å²) in [5, 5.41) is 3.32. The number of benzene rings is 2. The van der Waals surface area contributed by atoms with Gasteiger partial charge in [0.1, 0.15) is 11.6 Å². The summed E-state index contributed by atoms with van der Waals surface area (Å²) in [7, 11) is 1.58. The van der Waals surface area contributed by atoms with E-state index in [2.05, 4.69) is 5.32 Å². The van der Waals surface area contributed by atoms with Crippen molar-refractivity contribution >= 4 is 27.3 Å². The van der Waals surface area contributed by atoms with E-state index in [0.717, 1.165) is 20.7 Å². The zero-order valence-corrected chi connectivity index (χ0v) is 18.0. The number of aryl methyl sites for hydroxylation is 1. The number of hydrogen-bond donors (Lipinski definition) is 1. The van der Waals surface area contributed by atoms with Crippen LogP contribution in [0.4, 0.5) is 4.39 Å². The number of halogens is 1. The Bertz CT molecular complexity index is 1310. The van der Waals surface area contributed by atoms with Crippen molar-refractivity contribution < 1.29 is 13.9 Å². The van der Waals surface area contributed by atoms with Crippen molar-refractivity contribution in [2.24, 2.45) is 0 Å². The highest BCUT2D eigenvalue weighted by Gasteiger charge is 2.20. The summed E-state index contributed by atoms with van der Waals surface area (Å²) in [6, 6.07) is 15.3.